The molecule has 1 aromatic heterocycles. The molecule has 0 aliphatic carbocycles. The Morgan fingerprint density at radius 2 is 2.05 bits per heavy atom. The fourth-order valence-corrected chi connectivity index (χ4v) is 3.65. The van der Waals surface area contributed by atoms with Gasteiger partial charge in [-0.05, 0) is 41.4 Å². The first-order valence-corrected chi connectivity index (χ1v) is 8.35. The molecule has 0 bridgehead atoms. The van der Waals surface area contributed by atoms with Gasteiger partial charge in [0.2, 0.25) is 10.0 Å². The molecule has 0 radical (unpaired) electrons. The Morgan fingerprint density at radius 3 is 2.62 bits per heavy atom. The van der Waals surface area contributed by atoms with E-state index in [4.69, 9.17) is 0 Å². The minimum absolute atomic E-state index is 0.330. The minimum Gasteiger partial charge on any atom is -0.384 e. The molecule has 1 heterocycles. The van der Waals surface area contributed by atoms with E-state index < -0.39 is 32.2 Å². The van der Waals surface area contributed by atoms with Gasteiger partial charge in [-0.2, -0.15) is 11.3 Å². The lowest BCUT2D eigenvalue weighted by Crippen LogP contribution is -2.38. The number of benzene rings is 1. The fraction of sp³-hybridized carbons (Fsp3) is 0.231. The highest BCUT2D eigenvalue weighted by molar-refractivity contribution is 7.89. The van der Waals surface area contributed by atoms with E-state index >= 15 is 0 Å². The standard InChI is InChI=1S/C13H13F2NO3S2/c1-13(17,9-4-5-20-7-9)8-16-21(18,19)12-3-2-10(14)6-11(12)15/h2-7,16-17H,8H2,1H3. The number of aliphatic hydroxyl groups is 1. The molecule has 2 N–H and O–H groups in total. The van der Waals surface area contributed by atoms with Crippen molar-refractivity contribution in [2.75, 3.05) is 6.54 Å². The number of sulfonamides is 1. The van der Waals surface area contributed by atoms with E-state index in [-0.39, 0.29) is 6.54 Å². The average molecular weight is 333 g/mol. The second-order valence-electron chi connectivity index (χ2n) is 4.69. The molecular weight excluding hydrogens is 320 g/mol. The van der Waals surface area contributed by atoms with Crippen molar-refractivity contribution in [3.05, 3.63) is 52.2 Å². The molecule has 1 atom stereocenters. The number of nitrogens with one attached hydrogen (secondary N) is 1. The molecule has 2 aromatic rings. The van der Waals surface area contributed by atoms with Crippen molar-refractivity contribution in [3.63, 3.8) is 0 Å². The molecule has 2 rings (SSSR count). The van der Waals surface area contributed by atoms with Crippen molar-refractivity contribution in [2.45, 2.75) is 17.4 Å². The topological polar surface area (TPSA) is 66.4 Å². The Kier molecular flexibility index (Phi) is 4.43. The van der Waals surface area contributed by atoms with Crippen LogP contribution in [0.1, 0.15) is 12.5 Å². The number of thiophene rings is 1. The first kappa shape index (κ1) is 16.0. The predicted molar refractivity (Wildman–Crippen MR) is 75.4 cm³/mol. The van der Waals surface area contributed by atoms with Gasteiger partial charge < -0.3 is 5.11 Å². The van der Waals surface area contributed by atoms with E-state index in [2.05, 4.69) is 4.72 Å². The van der Waals surface area contributed by atoms with Crippen molar-refractivity contribution < 1.29 is 22.3 Å². The van der Waals surface area contributed by atoms with E-state index in [9.17, 15) is 22.3 Å². The van der Waals surface area contributed by atoms with Gasteiger partial charge in [0.05, 0.1) is 0 Å². The molecule has 114 valence electrons. The molecule has 1 unspecified atom stereocenters. The quantitative estimate of drug-likeness (QED) is 0.882. The van der Waals surface area contributed by atoms with Crippen molar-refractivity contribution in [1.29, 1.82) is 0 Å². The van der Waals surface area contributed by atoms with Gasteiger partial charge in [-0.15, -0.1) is 0 Å². The summed E-state index contributed by atoms with van der Waals surface area (Å²) in [6.45, 7) is 1.11. The molecule has 0 fully saturated rings. The van der Waals surface area contributed by atoms with E-state index in [1.54, 1.807) is 16.8 Å². The lowest BCUT2D eigenvalue weighted by atomic mass is 10.0. The molecular formula is C13H13F2NO3S2. The maximum atomic E-state index is 13.5. The van der Waals surface area contributed by atoms with Crippen LogP contribution in [-0.2, 0) is 15.6 Å². The zero-order chi connectivity index (χ0) is 15.7. The summed E-state index contributed by atoms with van der Waals surface area (Å²) in [6, 6.07) is 3.85. The number of rotatable bonds is 5. The van der Waals surface area contributed by atoms with Crippen LogP contribution in [0.5, 0.6) is 0 Å². The maximum absolute atomic E-state index is 13.5. The molecule has 0 aliphatic heterocycles. The molecule has 1 aromatic carbocycles. The van der Waals surface area contributed by atoms with Gasteiger partial charge in [-0.1, -0.05) is 0 Å². The lowest BCUT2D eigenvalue weighted by molar-refractivity contribution is 0.0632. The van der Waals surface area contributed by atoms with Gasteiger partial charge in [0.15, 0.2) is 0 Å². The molecule has 0 saturated heterocycles. The Balaban J connectivity index is 2.19. The van der Waals surface area contributed by atoms with Crippen LogP contribution < -0.4 is 4.72 Å². The zero-order valence-corrected chi connectivity index (χ0v) is 12.6. The third-order valence-electron chi connectivity index (χ3n) is 2.93. The van der Waals surface area contributed by atoms with Crippen LogP contribution in [-0.4, -0.2) is 20.1 Å². The van der Waals surface area contributed by atoms with Crippen LogP contribution in [0.3, 0.4) is 0 Å². The van der Waals surface area contributed by atoms with E-state index in [0.717, 1.165) is 12.1 Å². The summed E-state index contributed by atoms with van der Waals surface area (Å²) in [7, 11) is -4.18. The molecule has 21 heavy (non-hydrogen) atoms. The zero-order valence-electron chi connectivity index (χ0n) is 11.0. The summed E-state index contributed by atoms with van der Waals surface area (Å²) in [5, 5.41) is 13.7. The van der Waals surface area contributed by atoms with Crippen molar-refractivity contribution in [2.24, 2.45) is 0 Å². The van der Waals surface area contributed by atoms with Gasteiger partial charge >= 0.3 is 0 Å². The summed E-state index contributed by atoms with van der Waals surface area (Å²) < 4.78 is 52.4. The number of halogens is 2. The average Bonchev–Trinajstić information content (AvgIpc) is 2.91. The van der Waals surface area contributed by atoms with Crippen molar-refractivity contribution in [1.82, 2.24) is 4.72 Å². The van der Waals surface area contributed by atoms with Gasteiger partial charge in [-0.3, -0.25) is 0 Å². The maximum Gasteiger partial charge on any atom is 0.243 e. The molecule has 4 nitrogen and oxygen atoms in total. The van der Waals surface area contributed by atoms with Gasteiger partial charge in [0, 0.05) is 12.6 Å². The first-order chi connectivity index (χ1) is 9.72. The van der Waals surface area contributed by atoms with Gasteiger partial charge in [0.25, 0.3) is 0 Å². The smallest absolute Gasteiger partial charge is 0.243 e. The van der Waals surface area contributed by atoms with Crippen molar-refractivity contribution >= 4 is 21.4 Å². The normalized spacial score (nSPS) is 14.9. The highest BCUT2D eigenvalue weighted by Crippen LogP contribution is 2.23. The molecule has 0 spiro atoms. The summed E-state index contributed by atoms with van der Waals surface area (Å²) in [6.07, 6.45) is 0. The van der Waals surface area contributed by atoms with E-state index in [0.29, 0.717) is 11.6 Å². The molecule has 8 heteroatoms. The SMILES string of the molecule is CC(O)(CNS(=O)(=O)c1ccc(F)cc1F)c1ccsc1. The Hall–Kier alpha value is -1.35. The summed E-state index contributed by atoms with van der Waals surface area (Å²) in [5.74, 6) is -2.05. The monoisotopic (exact) mass is 333 g/mol. The first-order valence-electron chi connectivity index (χ1n) is 5.92. The van der Waals surface area contributed by atoms with Crippen LogP contribution in [0.25, 0.3) is 0 Å². The summed E-state index contributed by atoms with van der Waals surface area (Å²) in [5.41, 5.74) is -0.876. The second-order valence-corrected chi connectivity index (χ2v) is 7.20. The van der Waals surface area contributed by atoms with E-state index in [1.165, 1.54) is 18.3 Å². The number of hydrogen-bond acceptors (Lipinski definition) is 4. The predicted octanol–water partition coefficient (Wildman–Crippen LogP) is 2.21. The van der Waals surface area contributed by atoms with E-state index in [1.807, 2.05) is 0 Å². The van der Waals surface area contributed by atoms with Crippen LogP contribution >= 0.6 is 11.3 Å². The summed E-state index contributed by atoms with van der Waals surface area (Å²) in [4.78, 5) is -0.662. The van der Waals surface area contributed by atoms with Crippen molar-refractivity contribution in [3.8, 4) is 0 Å². The highest BCUT2D eigenvalue weighted by atomic mass is 32.2. The van der Waals surface area contributed by atoms with Crippen LogP contribution in [0.2, 0.25) is 0 Å². The minimum atomic E-state index is -4.18. The molecule has 0 saturated carbocycles. The third kappa shape index (κ3) is 3.65. The highest BCUT2D eigenvalue weighted by Gasteiger charge is 2.27. The number of hydrogen-bond donors (Lipinski definition) is 2. The van der Waals surface area contributed by atoms with Crippen LogP contribution in [0.15, 0.2) is 39.9 Å². The Labute approximate surface area is 125 Å². The second kappa shape index (κ2) is 5.80. The molecule has 0 amide bonds. The third-order valence-corrected chi connectivity index (χ3v) is 5.05. The Bertz CT molecular complexity index is 728. The Morgan fingerprint density at radius 1 is 1.33 bits per heavy atom. The summed E-state index contributed by atoms with van der Waals surface area (Å²) >= 11 is 1.36. The lowest BCUT2D eigenvalue weighted by Gasteiger charge is -2.22. The van der Waals surface area contributed by atoms with Gasteiger partial charge in [0.1, 0.15) is 22.1 Å². The largest absolute Gasteiger partial charge is 0.384 e. The van der Waals surface area contributed by atoms with Crippen LogP contribution in [0, 0.1) is 11.6 Å². The fourth-order valence-electron chi connectivity index (χ4n) is 1.68. The molecule has 0 aliphatic rings. The van der Waals surface area contributed by atoms with Crippen LogP contribution in [0.4, 0.5) is 8.78 Å². The van der Waals surface area contributed by atoms with Gasteiger partial charge in [-0.25, -0.2) is 21.9 Å².